The van der Waals surface area contributed by atoms with Gasteiger partial charge in [0.05, 0.1) is 0 Å². The Bertz CT molecular complexity index is 383. The number of piperidine rings is 1. The minimum atomic E-state index is 0.426. The SMILES string of the molecule is CCN(CCN1CCC(N)CC1)c1cccc(C)c1. The fraction of sp³-hybridized carbons (Fsp3) is 0.625. The molecule has 0 spiro atoms. The maximum atomic E-state index is 5.95. The van der Waals surface area contributed by atoms with Crippen molar-refractivity contribution >= 4 is 5.69 Å². The van der Waals surface area contributed by atoms with Gasteiger partial charge in [0.25, 0.3) is 0 Å². The zero-order valence-corrected chi connectivity index (χ0v) is 12.3. The van der Waals surface area contributed by atoms with Crippen molar-refractivity contribution in [3.8, 4) is 0 Å². The van der Waals surface area contributed by atoms with Gasteiger partial charge in [-0.2, -0.15) is 0 Å². The molecule has 0 aliphatic carbocycles. The molecule has 2 rings (SSSR count). The number of aryl methyl sites for hydroxylation is 1. The molecule has 1 aliphatic rings. The second-order valence-corrected chi connectivity index (χ2v) is 5.60. The molecule has 0 unspecified atom stereocenters. The molecule has 0 amide bonds. The lowest BCUT2D eigenvalue weighted by molar-refractivity contribution is 0.217. The maximum Gasteiger partial charge on any atom is 0.0369 e. The van der Waals surface area contributed by atoms with E-state index in [1.54, 1.807) is 0 Å². The van der Waals surface area contributed by atoms with Crippen molar-refractivity contribution in [2.45, 2.75) is 32.7 Å². The highest BCUT2D eigenvalue weighted by Gasteiger charge is 2.16. The predicted octanol–water partition coefficient (Wildman–Crippen LogP) is 2.24. The molecule has 1 aromatic carbocycles. The first-order valence-corrected chi connectivity index (χ1v) is 7.48. The molecule has 1 aromatic rings. The highest BCUT2D eigenvalue weighted by molar-refractivity contribution is 5.48. The van der Waals surface area contributed by atoms with Gasteiger partial charge < -0.3 is 15.5 Å². The summed E-state index contributed by atoms with van der Waals surface area (Å²) in [6.45, 7) is 10.0. The Morgan fingerprint density at radius 3 is 2.68 bits per heavy atom. The van der Waals surface area contributed by atoms with Gasteiger partial charge in [-0.25, -0.2) is 0 Å². The maximum absolute atomic E-state index is 5.95. The molecule has 0 saturated carbocycles. The first-order valence-electron chi connectivity index (χ1n) is 7.48. The summed E-state index contributed by atoms with van der Waals surface area (Å²) in [7, 11) is 0. The zero-order chi connectivity index (χ0) is 13.7. The molecule has 2 N–H and O–H groups in total. The van der Waals surface area contributed by atoms with Crippen LogP contribution in [0, 0.1) is 6.92 Å². The van der Waals surface area contributed by atoms with Crippen molar-refractivity contribution < 1.29 is 0 Å². The van der Waals surface area contributed by atoms with E-state index < -0.39 is 0 Å². The summed E-state index contributed by atoms with van der Waals surface area (Å²) < 4.78 is 0. The van der Waals surface area contributed by atoms with E-state index in [1.807, 2.05) is 0 Å². The Morgan fingerprint density at radius 2 is 2.05 bits per heavy atom. The zero-order valence-electron chi connectivity index (χ0n) is 12.3. The molecule has 106 valence electrons. The Hall–Kier alpha value is -1.06. The van der Waals surface area contributed by atoms with Crippen molar-refractivity contribution in [2.24, 2.45) is 5.73 Å². The number of likely N-dealkylation sites (tertiary alicyclic amines) is 1. The van der Waals surface area contributed by atoms with Gasteiger partial charge in [0.15, 0.2) is 0 Å². The minimum Gasteiger partial charge on any atom is -0.371 e. The third kappa shape index (κ3) is 4.22. The Kier molecular flexibility index (Phi) is 5.23. The number of nitrogens with two attached hydrogens (primary N) is 1. The average molecular weight is 261 g/mol. The smallest absolute Gasteiger partial charge is 0.0369 e. The monoisotopic (exact) mass is 261 g/mol. The number of hydrogen-bond donors (Lipinski definition) is 1. The first-order chi connectivity index (χ1) is 9.19. The third-order valence-electron chi connectivity index (χ3n) is 4.07. The normalized spacial score (nSPS) is 17.6. The van der Waals surface area contributed by atoms with E-state index in [0.717, 1.165) is 45.6 Å². The van der Waals surface area contributed by atoms with E-state index in [9.17, 15) is 0 Å². The van der Waals surface area contributed by atoms with Crippen LogP contribution in [0.25, 0.3) is 0 Å². The van der Waals surface area contributed by atoms with E-state index in [2.05, 4.69) is 47.9 Å². The first kappa shape index (κ1) is 14.4. The Labute approximate surface area is 117 Å². The highest BCUT2D eigenvalue weighted by atomic mass is 15.2. The molecule has 0 bridgehead atoms. The van der Waals surface area contributed by atoms with E-state index >= 15 is 0 Å². The number of hydrogen-bond acceptors (Lipinski definition) is 3. The van der Waals surface area contributed by atoms with Gasteiger partial charge >= 0.3 is 0 Å². The van der Waals surface area contributed by atoms with Crippen molar-refractivity contribution in [3.05, 3.63) is 29.8 Å². The van der Waals surface area contributed by atoms with Crippen LogP contribution in [0.3, 0.4) is 0 Å². The van der Waals surface area contributed by atoms with Gasteiger partial charge in [-0.3, -0.25) is 0 Å². The average Bonchev–Trinajstić information content (AvgIpc) is 2.42. The van der Waals surface area contributed by atoms with Crippen LogP contribution >= 0.6 is 0 Å². The van der Waals surface area contributed by atoms with Crippen molar-refractivity contribution in [2.75, 3.05) is 37.6 Å². The summed E-state index contributed by atoms with van der Waals surface area (Å²) in [5, 5.41) is 0. The molecule has 0 aromatic heterocycles. The lowest BCUT2D eigenvalue weighted by atomic mass is 10.1. The fourth-order valence-electron chi connectivity index (χ4n) is 2.73. The van der Waals surface area contributed by atoms with Gasteiger partial charge in [0.2, 0.25) is 0 Å². The Balaban J connectivity index is 1.86. The molecular weight excluding hydrogens is 234 g/mol. The van der Waals surface area contributed by atoms with Crippen LogP contribution in [-0.2, 0) is 0 Å². The molecule has 1 saturated heterocycles. The largest absolute Gasteiger partial charge is 0.371 e. The standard InChI is InChI=1S/C16H27N3/c1-3-19(16-6-4-5-14(2)13-16)12-11-18-9-7-15(17)8-10-18/h4-6,13,15H,3,7-12,17H2,1-2H3. The second-order valence-electron chi connectivity index (χ2n) is 5.60. The minimum absolute atomic E-state index is 0.426. The molecule has 0 radical (unpaired) electrons. The number of anilines is 1. The summed E-state index contributed by atoms with van der Waals surface area (Å²) in [6.07, 6.45) is 2.30. The van der Waals surface area contributed by atoms with E-state index in [1.165, 1.54) is 11.3 Å². The summed E-state index contributed by atoms with van der Waals surface area (Å²) >= 11 is 0. The van der Waals surface area contributed by atoms with Gasteiger partial charge in [0.1, 0.15) is 0 Å². The lowest BCUT2D eigenvalue weighted by Crippen LogP contribution is -2.43. The van der Waals surface area contributed by atoms with Crippen LogP contribution in [0.1, 0.15) is 25.3 Å². The van der Waals surface area contributed by atoms with Crippen LogP contribution in [0.4, 0.5) is 5.69 Å². The summed E-state index contributed by atoms with van der Waals surface area (Å²) in [6, 6.07) is 9.21. The molecule has 1 aliphatic heterocycles. The summed E-state index contributed by atoms with van der Waals surface area (Å²) in [4.78, 5) is 5.00. The van der Waals surface area contributed by atoms with Crippen LogP contribution in [0.15, 0.2) is 24.3 Å². The molecule has 3 heteroatoms. The molecule has 1 heterocycles. The summed E-state index contributed by atoms with van der Waals surface area (Å²) in [5.41, 5.74) is 8.63. The molecule has 3 nitrogen and oxygen atoms in total. The fourth-order valence-corrected chi connectivity index (χ4v) is 2.73. The van der Waals surface area contributed by atoms with Gasteiger partial charge in [0, 0.05) is 31.4 Å². The van der Waals surface area contributed by atoms with Crippen LogP contribution in [0.5, 0.6) is 0 Å². The van der Waals surface area contributed by atoms with E-state index in [0.29, 0.717) is 6.04 Å². The molecule has 19 heavy (non-hydrogen) atoms. The number of rotatable bonds is 5. The molecule has 0 atom stereocenters. The van der Waals surface area contributed by atoms with Gasteiger partial charge in [-0.05, 0) is 57.5 Å². The van der Waals surface area contributed by atoms with Gasteiger partial charge in [-0.1, -0.05) is 12.1 Å². The quantitative estimate of drug-likeness (QED) is 0.882. The number of nitrogens with zero attached hydrogens (tertiary/aromatic N) is 2. The lowest BCUT2D eigenvalue weighted by Gasteiger charge is -2.32. The van der Waals surface area contributed by atoms with Gasteiger partial charge in [-0.15, -0.1) is 0 Å². The van der Waals surface area contributed by atoms with Crippen LogP contribution < -0.4 is 10.6 Å². The Morgan fingerprint density at radius 1 is 1.32 bits per heavy atom. The second kappa shape index (κ2) is 6.92. The van der Waals surface area contributed by atoms with Crippen LogP contribution in [0.2, 0.25) is 0 Å². The van der Waals surface area contributed by atoms with Crippen LogP contribution in [-0.4, -0.2) is 43.7 Å². The van der Waals surface area contributed by atoms with E-state index in [-0.39, 0.29) is 0 Å². The topological polar surface area (TPSA) is 32.5 Å². The number of benzene rings is 1. The van der Waals surface area contributed by atoms with E-state index in [4.69, 9.17) is 5.73 Å². The summed E-state index contributed by atoms with van der Waals surface area (Å²) in [5.74, 6) is 0. The number of likely N-dealkylation sites (N-methyl/N-ethyl adjacent to an activating group) is 1. The third-order valence-corrected chi connectivity index (χ3v) is 4.07. The molecular formula is C16H27N3. The molecule has 1 fully saturated rings. The van der Waals surface area contributed by atoms with Crippen molar-refractivity contribution in [3.63, 3.8) is 0 Å². The van der Waals surface area contributed by atoms with Crippen molar-refractivity contribution in [1.29, 1.82) is 0 Å². The van der Waals surface area contributed by atoms with Crippen molar-refractivity contribution in [1.82, 2.24) is 4.90 Å². The highest BCUT2D eigenvalue weighted by Crippen LogP contribution is 2.16. The predicted molar refractivity (Wildman–Crippen MR) is 82.7 cm³/mol.